The van der Waals surface area contributed by atoms with Crippen molar-refractivity contribution in [1.82, 2.24) is 5.32 Å². The molecule has 0 radical (unpaired) electrons. The Kier molecular flexibility index (Phi) is 5.42. The molecule has 0 spiro atoms. The zero-order valence-corrected chi connectivity index (χ0v) is 10.3. The van der Waals surface area contributed by atoms with Gasteiger partial charge in [0, 0.05) is 12.1 Å². The van der Waals surface area contributed by atoms with Crippen LogP contribution in [0.1, 0.15) is 23.0 Å². The van der Waals surface area contributed by atoms with E-state index < -0.39 is 5.97 Å². The number of carboxylic acids is 1. The molecule has 1 atom stereocenters. The summed E-state index contributed by atoms with van der Waals surface area (Å²) < 4.78 is 4.89. The van der Waals surface area contributed by atoms with E-state index in [1.165, 1.54) is 6.26 Å². The largest absolute Gasteiger partial charge is 0.475 e. The average Bonchev–Trinajstić information content (AvgIpc) is 2.66. The number of carboxylic acid groups (broad SMARTS) is 1. The van der Waals surface area contributed by atoms with Gasteiger partial charge in [0.2, 0.25) is 5.76 Å². The highest BCUT2D eigenvalue weighted by atomic mass is 32.2. The monoisotopic (exact) mass is 243 g/mol. The lowest BCUT2D eigenvalue weighted by Crippen LogP contribution is -2.22. The molecule has 0 aliphatic rings. The number of aromatic carboxylic acids is 1. The number of hydrogen-bond donors (Lipinski definition) is 2. The Balaban J connectivity index is 2.37. The molecule has 0 fully saturated rings. The first-order valence-electron chi connectivity index (χ1n) is 5.14. The predicted molar refractivity (Wildman–Crippen MR) is 64.9 cm³/mol. The number of hydrogen-bond acceptors (Lipinski definition) is 4. The Morgan fingerprint density at radius 3 is 3.06 bits per heavy atom. The normalized spacial score (nSPS) is 12.6. The maximum absolute atomic E-state index is 10.8. The predicted octanol–water partition coefficient (Wildman–Crippen LogP) is 2.07. The summed E-state index contributed by atoms with van der Waals surface area (Å²) in [7, 11) is 0. The first kappa shape index (κ1) is 13.1. The Morgan fingerprint density at radius 1 is 1.69 bits per heavy atom. The second-order valence-corrected chi connectivity index (χ2v) is 4.68. The highest BCUT2D eigenvalue weighted by molar-refractivity contribution is 7.98. The fourth-order valence-electron chi connectivity index (χ4n) is 1.46. The third-order valence-corrected chi connectivity index (χ3v) is 3.10. The number of nitrogens with one attached hydrogen (secondary N) is 1. The standard InChI is InChI=1S/C11H17NO3S/c1-8(7-16-2)5-12-6-9-3-4-15-10(9)11(13)14/h3-4,8,12H,5-7H2,1-2H3,(H,13,14). The van der Waals surface area contributed by atoms with Crippen molar-refractivity contribution in [2.45, 2.75) is 13.5 Å². The van der Waals surface area contributed by atoms with E-state index in [1.54, 1.807) is 6.07 Å². The van der Waals surface area contributed by atoms with E-state index in [9.17, 15) is 4.79 Å². The minimum Gasteiger partial charge on any atom is -0.475 e. The second-order valence-electron chi connectivity index (χ2n) is 3.77. The molecule has 0 saturated carbocycles. The molecule has 0 saturated heterocycles. The average molecular weight is 243 g/mol. The van der Waals surface area contributed by atoms with Gasteiger partial charge in [-0.25, -0.2) is 4.79 Å². The molecule has 1 aromatic rings. The maximum atomic E-state index is 10.8. The van der Waals surface area contributed by atoms with Gasteiger partial charge in [-0.1, -0.05) is 6.92 Å². The van der Waals surface area contributed by atoms with Gasteiger partial charge in [-0.3, -0.25) is 0 Å². The SMILES string of the molecule is CSCC(C)CNCc1ccoc1C(=O)O. The third-order valence-electron chi connectivity index (χ3n) is 2.20. The van der Waals surface area contributed by atoms with Crippen molar-refractivity contribution in [3.63, 3.8) is 0 Å². The van der Waals surface area contributed by atoms with Crippen molar-refractivity contribution in [3.8, 4) is 0 Å². The van der Waals surface area contributed by atoms with E-state index in [1.807, 2.05) is 11.8 Å². The van der Waals surface area contributed by atoms with Crippen LogP contribution in [0.3, 0.4) is 0 Å². The fourth-order valence-corrected chi connectivity index (χ4v) is 2.15. The molecule has 1 unspecified atom stereocenters. The lowest BCUT2D eigenvalue weighted by Gasteiger charge is -2.10. The Labute approximate surface area is 99.4 Å². The molecule has 0 amide bonds. The molecule has 0 bridgehead atoms. The van der Waals surface area contributed by atoms with Gasteiger partial charge in [-0.15, -0.1) is 0 Å². The van der Waals surface area contributed by atoms with Crippen LogP contribution in [0.5, 0.6) is 0 Å². The van der Waals surface area contributed by atoms with Crippen LogP contribution in [0.25, 0.3) is 0 Å². The molecule has 4 nitrogen and oxygen atoms in total. The van der Waals surface area contributed by atoms with E-state index in [4.69, 9.17) is 9.52 Å². The Morgan fingerprint density at radius 2 is 2.44 bits per heavy atom. The van der Waals surface area contributed by atoms with Crippen molar-refractivity contribution in [3.05, 3.63) is 23.7 Å². The molecule has 1 aromatic heterocycles. The van der Waals surface area contributed by atoms with Gasteiger partial charge in [0.15, 0.2) is 0 Å². The summed E-state index contributed by atoms with van der Waals surface area (Å²) >= 11 is 1.81. The van der Waals surface area contributed by atoms with Crippen LogP contribution in [0.15, 0.2) is 16.7 Å². The minimum atomic E-state index is -1.01. The summed E-state index contributed by atoms with van der Waals surface area (Å²) in [5, 5.41) is 12.1. The van der Waals surface area contributed by atoms with Gasteiger partial charge in [-0.2, -0.15) is 11.8 Å². The van der Waals surface area contributed by atoms with Crippen molar-refractivity contribution in [1.29, 1.82) is 0 Å². The van der Waals surface area contributed by atoms with Crippen LogP contribution >= 0.6 is 11.8 Å². The van der Waals surface area contributed by atoms with Gasteiger partial charge >= 0.3 is 5.97 Å². The summed E-state index contributed by atoms with van der Waals surface area (Å²) in [5.41, 5.74) is 0.698. The Bertz CT molecular complexity index is 338. The zero-order valence-electron chi connectivity index (χ0n) is 9.53. The molecular formula is C11H17NO3S. The Hall–Kier alpha value is -0.940. The number of thioether (sulfide) groups is 1. The number of carbonyl (C=O) groups is 1. The van der Waals surface area contributed by atoms with E-state index in [2.05, 4.69) is 18.5 Å². The molecule has 16 heavy (non-hydrogen) atoms. The third kappa shape index (κ3) is 3.90. The zero-order chi connectivity index (χ0) is 12.0. The summed E-state index contributed by atoms with van der Waals surface area (Å²) in [6.07, 6.45) is 3.49. The van der Waals surface area contributed by atoms with Crippen LogP contribution in [0.2, 0.25) is 0 Å². The van der Waals surface area contributed by atoms with E-state index >= 15 is 0 Å². The highest BCUT2D eigenvalue weighted by Crippen LogP contribution is 2.10. The molecule has 90 valence electrons. The van der Waals surface area contributed by atoms with Crippen LogP contribution < -0.4 is 5.32 Å². The van der Waals surface area contributed by atoms with Gasteiger partial charge < -0.3 is 14.8 Å². The quantitative estimate of drug-likeness (QED) is 0.767. The highest BCUT2D eigenvalue weighted by Gasteiger charge is 2.13. The van der Waals surface area contributed by atoms with Gasteiger partial charge in [0.1, 0.15) is 0 Å². The lowest BCUT2D eigenvalue weighted by molar-refractivity contribution is 0.0660. The molecular weight excluding hydrogens is 226 g/mol. The van der Waals surface area contributed by atoms with Crippen LogP contribution in [-0.4, -0.2) is 29.6 Å². The van der Waals surface area contributed by atoms with Gasteiger partial charge in [0.25, 0.3) is 0 Å². The topological polar surface area (TPSA) is 62.5 Å². The van der Waals surface area contributed by atoms with Gasteiger partial charge in [0.05, 0.1) is 6.26 Å². The van der Waals surface area contributed by atoms with Crippen molar-refractivity contribution in [2.24, 2.45) is 5.92 Å². The van der Waals surface area contributed by atoms with Crippen molar-refractivity contribution >= 4 is 17.7 Å². The smallest absolute Gasteiger partial charge is 0.372 e. The fraction of sp³-hybridized carbons (Fsp3) is 0.545. The minimum absolute atomic E-state index is 0.0324. The molecule has 0 aliphatic heterocycles. The van der Waals surface area contributed by atoms with Crippen LogP contribution in [-0.2, 0) is 6.54 Å². The lowest BCUT2D eigenvalue weighted by atomic mass is 10.2. The molecule has 0 aromatic carbocycles. The molecule has 5 heteroatoms. The van der Waals surface area contributed by atoms with Crippen molar-refractivity contribution < 1.29 is 14.3 Å². The van der Waals surface area contributed by atoms with E-state index in [0.29, 0.717) is 18.0 Å². The van der Waals surface area contributed by atoms with Crippen LogP contribution in [0, 0.1) is 5.92 Å². The molecule has 1 rings (SSSR count). The number of rotatable bonds is 7. The summed E-state index contributed by atoms with van der Waals surface area (Å²) in [4.78, 5) is 10.8. The van der Waals surface area contributed by atoms with Crippen molar-refractivity contribution in [2.75, 3.05) is 18.6 Å². The number of furan rings is 1. The van der Waals surface area contributed by atoms with Crippen LogP contribution in [0.4, 0.5) is 0 Å². The second kappa shape index (κ2) is 6.60. The van der Waals surface area contributed by atoms with E-state index in [0.717, 1.165) is 12.3 Å². The first-order valence-corrected chi connectivity index (χ1v) is 6.53. The molecule has 0 aliphatic carbocycles. The summed E-state index contributed by atoms with van der Waals surface area (Å²) in [6.45, 7) is 3.58. The summed E-state index contributed by atoms with van der Waals surface area (Å²) in [5.74, 6) is 0.698. The molecule has 1 heterocycles. The maximum Gasteiger partial charge on any atom is 0.372 e. The molecule has 2 N–H and O–H groups in total. The first-order chi connectivity index (χ1) is 7.65. The summed E-state index contributed by atoms with van der Waals surface area (Å²) in [6, 6.07) is 1.69. The van der Waals surface area contributed by atoms with E-state index in [-0.39, 0.29) is 5.76 Å². The van der Waals surface area contributed by atoms with Gasteiger partial charge in [-0.05, 0) is 30.5 Å².